The second kappa shape index (κ2) is 7.46. The van der Waals surface area contributed by atoms with E-state index in [0.29, 0.717) is 18.2 Å². The molecule has 0 saturated carbocycles. The Morgan fingerprint density at radius 1 is 1.08 bits per heavy atom. The molecule has 0 aliphatic heterocycles. The van der Waals surface area contributed by atoms with Crippen LogP contribution >= 0.6 is 0 Å². The molecule has 0 aliphatic rings. The van der Waals surface area contributed by atoms with Gasteiger partial charge in [0.2, 0.25) is 5.89 Å². The van der Waals surface area contributed by atoms with Crippen LogP contribution in [-0.4, -0.2) is 22.7 Å². The van der Waals surface area contributed by atoms with Crippen molar-refractivity contribution in [2.45, 2.75) is 12.8 Å². The maximum absolute atomic E-state index is 10.8. The van der Waals surface area contributed by atoms with Crippen molar-refractivity contribution in [3.8, 4) is 17.2 Å². The third-order valence-corrected chi connectivity index (χ3v) is 3.52. The Kier molecular flexibility index (Phi) is 4.91. The molecule has 24 heavy (non-hydrogen) atoms. The van der Waals surface area contributed by atoms with Crippen LogP contribution in [0.15, 0.2) is 65.3 Å². The molecule has 1 aromatic heterocycles. The molecule has 0 spiro atoms. The summed E-state index contributed by atoms with van der Waals surface area (Å²) in [6, 6.07) is 16.1. The lowest BCUT2D eigenvalue weighted by molar-refractivity contribution is 0.0697. The molecule has 1 N–H and O–H groups in total. The first-order chi connectivity index (χ1) is 11.7. The van der Waals surface area contributed by atoms with Gasteiger partial charge in [-0.3, -0.25) is 0 Å². The van der Waals surface area contributed by atoms with E-state index in [-0.39, 0.29) is 5.56 Å². The first-order valence-electron chi connectivity index (χ1n) is 7.68. The lowest BCUT2D eigenvalue weighted by Crippen LogP contribution is -2.00. The largest absolute Gasteiger partial charge is 0.494 e. The van der Waals surface area contributed by atoms with Gasteiger partial charge in [-0.2, -0.15) is 0 Å². The minimum absolute atomic E-state index is 0.249. The molecule has 0 fully saturated rings. The zero-order valence-electron chi connectivity index (χ0n) is 13.0. The average Bonchev–Trinajstić information content (AvgIpc) is 3.09. The highest BCUT2D eigenvalue weighted by molar-refractivity contribution is 5.87. The van der Waals surface area contributed by atoms with Crippen LogP contribution in [0.3, 0.4) is 0 Å². The fourth-order valence-electron chi connectivity index (χ4n) is 2.27. The zero-order valence-corrected chi connectivity index (χ0v) is 13.0. The topological polar surface area (TPSA) is 72.6 Å². The Morgan fingerprint density at radius 2 is 1.83 bits per heavy atom. The minimum Gasteiger partial charge on any atom is -0.494 e. The first kappa shape index (κ1) is 15.8. The molecule has 3 rings (SSSR count). The van der Waals surface area contributed by atoms with Crippen molar-refractivity contribution in [3.05, 3.63) is 72.1 Å². The lowest BCUT2D eigenvalue weighted by atomic mass is 10.2. The summed E-state index contributed by atoms with van der Waals surface area (Å²) in [5, 5.41) is 8.84. The second-order valence-corrected chi connectivity index (χ2v) is 5.29. The summed E-state index contributed by atoms with van der Waals surface area (Å²) in [7, 11) is 0. The maximum atomic E-state index is 10.8. The number of ether oxygens (including phenoxy) is 1. The highest BCUT2D eigenvalue weighted by atomic mass is 16.5. The molecule has 1 heterocycles. The molecular formula is C19H17NO4. The van der Waals surface area contributed by atoms with Gasteiger partial charge in [0.05, 0.1) is 17.9 Å². The summed E-state index contributed by atoms with van der Waals surface area (Å²) in [4.78, 5) is 15.2. The van der Waals surface area contributed by atoms with Gasteiger partial charge >= 0.3 is 5.97 Å². The SMILES string of the molecule is O=C(O)c1ccc(OCCCc2coc(-c3ccccc3)n2)cc1. The van der Waals surface area contributed by atoms with Gasteiger partial charge in [-0.25, -0.2) is 9.78 Å². The molecule has 0 aliphatic carbocycles. The maximum Gasteiger partial charge on any atom is 0.335 e. The number of aromatic nitrogens is 1. The number of oxazole rings is 1. The smallest absolute Gasteiger partial charge is 0.335 e. The Bertz CT molecular complexity index is 794. The van der Waals surface area contributed by atoms with Gasteiger partial charge in [-0.15, -0.1) is 0 Å². The van der Waals surface area contributed by atoms with Gasteiger partial charge in [0.25, 0.3) is 0 Å². The van der Waals surface area contributed by atoms with Gasteiger partial charge in [0, 0.05) is 5.56 Å². The lowest BCUT2D eigenvalue weighted by Gasteiger charge is -2.05. The number of hydrogen-bond acceptors (Lipinski definition) is 4. The molecule has 0 bridgehead atoms. The van der Waals surface area contributed by atoms with Crippen LogP contribution < -0.4 is 4.74 Å². The Balaban J connectivity index is 1.47. The van der Waals surface area contributed by atoms with Crippen LogP contribution in [0, 0.1) is 0 Å². The molecule has 0 unspecified atom stereocenters. The van der Waals surface area contributed by atoms with E-state index < -0.39 is 5.97 Å². The van der Waals surface area contributed by atoms with Crippen LogP contribution in [0.25, 0.3) is 11.5 Å². The molecule has 2 aromatic carbocycles. The Morgan fingerprint density at radius 3 is 2.54 bits per heavy atom. The quantitative estimate of drug-likeness (QED) is 0.664. The second-order valence-electron chi connectivity index (χ2n) is 5.29. The molecule has 5 nitrogen and oxygen atoms in total. The van der Waals surface area contributed by atoms with E-state index in [1.54, 1.807) is 18.4 Å². The van der Waals surface area contributed by atoms with Crippen LogP contribution in [0.4, 0.5) is 0 Å². The number of aryl methyl sites for hydroxylation is 1. The molecule has 5 heteroatoms. The minimum atomic E-state index is -0.943. The summed E-state index contributed by atoms with van der Waals surface area (Å²) in [6.45, 7) is 0.528. The Hall–Kier alpha value is -3.08. The van der Waals surface area contributed by atoms with Crippen molar-refractivity contribution in [1.82, 2.24) is 4.98 Å². The number of carbonyl (C=O) groups is 1. The summed E-state index contributed by atoms with van der Waals surface area (Å²) in [5.74, 6) is 0.336. The van der Waals surface area contributed by atoms with Crippen molar-refractivity contribution in [2.75, 3.05) is 6.61 Å². The molecule has 3 aromatic rings. The summed E-state index contributed by atoms with van der Waals surface area (Å²) < 4.78 is 11.1. The highest BCUT2D eigenvalue weighted by Gasteiger charge is 2.06. The van der Waals surface area contributed by atoms with Crippen LogP contribution in [0.1, 0.15) is 22.5 Å². The van der Waals surface area contributed by atoms with E-state index in [1.165, 1.54) is 12.1 Å². The summed E-state index contributed by atoms with van der Waals surface area (Å²) >= 11 is 0. The van der Waals surface area contributed by atoms with Gasteiger partial charge < -0.3 is 14.3 Å². The van der Waals surface area contributed by atoms with Crippen molar-refractivity contribution < 1.29 is 19.1 Å². The predicted octanol–water partition coefficient (Wildman–Crippen LogP) is 4.05. The summed E-state index contributed by atoms with van der Waals surface area (Å²) in [5.41, 5.74) is 2.09. The summed E-state index contributed by atoms with van der Waals surface area (Å²) in [6.07, 6.45) is 3.22. The molecule has 0 atom stereocenters. The molecule has 122 valence electrons. The van der Waals surface area contributed by atoms with Gasteiger partial charge in [0.1, 0.15) is 12.0 Å². The average molecular weight is 323 g/mol. The van der Waals surface area contributed by atoms with E-state index >= 15 is 0 Å². The highest BCUT2D eigenvalue weighted by Crippen LogP contribution is 2.18. The predicted molar refractivity (Wildman–Crippen MR) is 89.2 cm³/mol. The van der Waals surface area contributed by atoms with Gasteiger partial charge in [-0.1, -0.05) is 18.2 Å². The number of hydrogen-bond donors (Lipinski definition) is 1. The van der Waals surface area contributed by atoms with Gasteiger partial charge in [-0.05, 0) is 49.2 Å². The molecule has 0 saturated heterocycles. The monoisotopic (exact) mass is 323 g/mol. The number of benzene rings is 2. The first-order valence-corrected chi connectivity index (χ1v) is 7.68. The van der Waals surface area contributed by atoms with Crippen molar-refractivity contribution in [1.29, 1.82) is 0 Å². The van der Waals surface area contributed by atoms with Crippen LogP contribution in [-0.2, 0) is 6.42 Å². The van der Waals surface area contributed by atoms with E-state index in [0.717, 1.165) is 24.1 Å². The molecule has 0 radical (unpaired) electrons. The molecule has 0 amide bonds. The normalized spacial score (nSPS) is 10.5. The van der Waals surface area contributed by atoms with Crippen LogP contribution in [0.5, 0.6) is 5.75 Å². The van der Waals surface area contributed by atoms with E-state index in [4.69, 9.17) is 14.3 Å². The number of aromatic carboxylic acids is 1. The van der Waals surface area contributed by atoms with Crippen molar-refractivity contribution in [3.63, 3.8) is 0 Å². The van der Waals surface area contributed by atoms with Crippen molar-refractivity contribution >= 4 is 5.97 Å². The third-order valence-electron chi connectivity index (χ3n) is 3.52. The molecular weight excluding hydrogens is 306 g/mol. The fraction of sp³-hybridized carbons (Fsp3) is 0.158. The van der Waals surface area contributed by atoms with E-state index in [1.807, 2.05) is 30.3 Å². The van der Waals surface area contributed by atoms with Gasteiger partial charge in [0.15, 0.2) is 0 Å². The van der Waals surface area contributed by atoms with Crippen molar-refractivity contribution in [2.24, 2.45) is 0 Å². The van der Waals surface area contributed by atoms with Crippen LogP contribution in [0.2, 0.25) is 0 Å². The third kappa shape index (κ3) is 4.01. The number of carboxylic acids is 1. The standard InChI is InChI=1S/C19H17NO4/c21-19(22)15-8-10-17(11-9-15)23-12-4-7-16-13-24-18(20-16)14-5-2-1-3-6-14/h1-3,5-6,8-11,13H,4,7,12H2,(H,21,22). The van der Waals surface area contributed by atoms with E-state index in [2.05, 4.69) is 4.98 Å². The zero-order chi connectivity index (χ0) is 16.8. The van der Waals surface area contributed by atoms with E-state index in [9.17, 15) is 4.79 Å². The fourth-order valence-corrected chi connectivity index (χ4v) is 2.27. The number of nitrogens with zero attached hydrogens (tertiary/aromatic N) is 1. The number of carboxylic acid groups (broad SMARTS) is 1. The number of rotatable bonds is 7. The Labute approximate surface area is 139 Å².